The molecule has 0 aromatic heterocycles. The van der Waals surface area contributed by atoms with Gasteiger partial charge in [-0.3, -0.25) is 25.0 Å². The fourth-order valence-electron chi connectivity index (χ4n) is 3.11. The second-order valence-electron chi connectivity index (χ2n) is 7.20. The Kier molecular flexibility index (Phi) is 10.9. The van der Waals surface area contributed by atoms with Gasteiger partial charge in [-0.2, -0.15) is 0 Å². The highest BCUT2D eigenvalue weighted by atomic mass is 127. The highest BCUT2D eigenvalue weighted by Crippen LogP contribution is 2.42. The van der Waals surface area contributed by atoms with Crippen LogP contribution in [0.3, 0.4) is 0 Å². The Balaban J connectivity index is 2.72. The number of carbonyl (C=O) groups excluding carboxylic acids is 1. The molecule has 0 bridgehead atoms. The van der Waals surface area contributed by atoms with Gasteiger partial charge in [0.25, 0.3) is 5.69 Å². The number of carbonyl (C=O) groups is 1. The van der Waals surface area contributed by atoms with E-state index in [1.165, 1.54) is 20.1 Å². The topological polar surface area (TPSA) is 171 Å². The molecule has 1 amide bonds. The van der Waals surface area contributed by atoms with Gasteiger partial charge in [-0.25, -0.2) is 0 Å². The minimum Gasteiger partial charge on any atom is -0.497 e. The standard InChI is InChI=1S/C21H25IN6O8/c1-13(29)23-21-17(11-15(36-4)12-18(21)26(5-7-34-2)6-8-35-3)24-25-20-16(22)9-14(27(30)31)10-19(20)28(32)33/h9-12H,5-8H2,1-4H3,(H,23,29). The van der Waals surface area contributed by atoms with E-state index in [1.807, 2.05) is 4.90 Å². The Morgan fingerprint density at radius 1 is 1.03 bits per heavy atom. The van der Waals surface area contributed by atoms with E-state index in [9.17, 15) is 25.0 Å². The number of hydrogen-bond donors (Lipinski definition) is 1. The molecule has 0 radical (unpaired) electrons. The van der Waals surface area contributed by atoms with Crippen LogP contribution in [0.4, 0.5) is 34.1 Å². The zero-order valence-corrected chi connectivity index (χ0v) is 22.2. The van der Waals surface area contributed by atoms with Crippen molar-refractivity contribution in [2.45, 2.75) is 6.92 Å². The summed E-state index contributed by atoms with van der Waals surface area (Å²) in [5.41, 5.74) is -0.204. The number of ether oxygens (including phenoxy) is 3. The molecule has 15 heteroatoms. The molecule has 0 aliphatic rings. The minimum absolute atomic E-state index is 0.155. The Morgan fingerprint density at radius 3 is 2.17 bits per heavy atom. The fraction of sp³-hybridized carbons (Fsp3) is 0.381. The van der Waals surface area contributed by atoms with Crippen LogP contribution in [0.15, 0.2) is 34.5 Å². The lowest BCUT2D eigenvalue weighted by molar-refractivity contribution is -0.393. The van der Waals surface area contributed by atoms with E-state index in [2.05, 4.69) is 15.5 Å². The molecule has 2 rings (SSSR count). The number of nitrogens with zero attached hydrogens (tertiary/aromatic N) is 5. The van der Waals surface area contributed by atoms with Crippen LogP contribution >= 0.6 is 22.6 Å². The molecule has 0 atom stereocenters. The van der Waals surface area contributed by atoms with Crippen LogP contribution in [-0.2, 0) is 14.3 Å². The van der Waals surface area contributed by atoms with Crippen LogP contribution in [0, 0.1) is 23.8 Å². The Bertz CT molecular complexity index is 1150. The van der Waals surface area contributed by atoms with Gasteiger partial charge in [0.05, 0.1) is 51.2 Å². The molecule has 0 saturated carbocycles. The molecule has 0 saturated heterocycles. The monoisotopic (exact) mass is 616 g/mol. The summed E-state index contributed by atoms with van der Waals surface area (Å²) in [6.07, 6.45) is 0. The number of nitro groups is 2. The van der Waals surface area contributed by atoms with Crippen molar-refractivity contribution in [3.63, 3.8) is 0 Å². The van der Waals surface area contributed by atoms with Crippen LogP contribution in [0.5, 0.6) is 5.75 Å². The normalized spacial score (nSPS) is 10.9. The summed E-state index contributed by atoms with van der Waals surface area (Å²) >= 11 is 1.72. The summed E-state index contributed by atoms with van der Waals surface area (Å²) in [5, 5.41) is 33.7. The summed E-state index contributed by atoms with van der Waals surface area (Å²) in [5.74, 6) is 0.00739. The average Bonchev–Trinajstić information content (AvgIpc) is 2.83. The molecule has 2 aromatic carbocycles. The molecule has 14 nitrogen and oxygen atoms in total. The van der Waals surface area contributed by atoms with Gasteiger partial charge < -0.3 is 24.4 Å². The van der Waals surface area contributed by atoms with Crippen molar-refractivity contribution in [2.75, 3.05) is 57.8 Å². The number of methoxy groups -OCH3 is 3. The fourth-order valence-corrected chi connectivity index (χ4v) is 3.81. The molecule has 1 N–H and O–H groups in total. The first-order valence-electron chi connectivity index (χ1n) is 10.4. The van der Waals surface area contributed by atoms with Crippen LogP contribution in [0.2, 0.25) is 0 Å². The zero-order valence-electron chi connectivity index (χ0n) is 20.0. The van der Waals surface area contributed by atoms with Crippen molar-refractivity contribution >= 4 is 62.6 Å². The molecule has 0 unspecified atom stereocenters. The third kappa shape index (κ3) is 7.53. The number of hydrogen-bond acceptors (Lipinski definition) is 11. The van der Waals surface area contributed by atoms with Gasteiger partial charge in [-0.1, -0.05) is 0 Å². The summed E-state index contributed by atoms with van der Waals surface area (Å²) < 4.78 is 16.0. The smallest absolute Gasteiger partial charge is 0.304 e. The van der Waals surface area contributed by atoms with E-state index < -0.39 is 21.2 Å². The predicted molar refractivity (Wildman–Crippen MR) is 140 cm³/mol. The molecule has 0 spiro atoms. The second-order valence-corrected chi connectivity index (χ2v) is 8.37. The number of non-ortho nitro benzene ring substituents is 1. The summed E-state index contributed by atoms with van der Waals surface area (Å²) in [7, 11) is 4.58. The zero-order chi connectivity index (χ0) is 26.8. The van der Waals surface area contributed by atoms with Crippen molar-refractivity contribution in [3.8, 4) is 5.75 Å². The average molecular weight is 616 g/mol. The molecular weight excluding hydrogens is 591 g/mol. The van der Waals surface area contributed by atoms with Gasteiger partial charge in [0.1, 0.15) is 11.4 Å². The molecule has 0 heterocycles. The number of amides is 1. The lowest BCUT2D eigenvalue weighted by atomic mass is 10.2. The number of rotatable bonds is 13. The summed E-state index contributed by atoms with van der Waals surface area (Å²) in [6.45, 7) is 2.98. The van der Waals surface area contributed by atoms with Crippen molar-refractivity contribution in [2.24, 2.45) is 10.2 Å². The maximum absolute atomic E-state index is 12.1. The van der Waals surface area contributed by atoms with Crippen LogP contribution in [0.1, 0.15) is 6.92 Å². The van der Waals surface area contributed by atoms with Gasteiger partial charge in [0.15, 0.2) is 5.69 Å². The van der Waals surface area contributed by atoms with Crippen molar-refractivity contribution in [3.05, 3.63) is 48.1 Å². The second kappa shape index (κ2) is 13.6. The number of halogens is 1. The largest absolute Gasteiger partial charge is 0.497 e. The molecular formula is C21H25IN6O8. The third-order valence-electron chi connectivity index (χ3n) is 4.77. The Morgan fingerprint density at radius 2 is 1.67 bits per heavy atom. The van der Waals surface area contributed by atoms with Gasteiger partial charge >= 0.3 is 5.69 Å². The molecule has 194 valence electrons. The molecule has 0 aliphatic heterocycles. The highest BCUT2D eigenvalue weighted by molar-refractivity contribution is 14.1. The predicted octanol–water partition coefficient (Wildman–Crippen LogP) is 4.59. The van der Waals surface area contributed by atoms with Gasteiger partial charge in [0.2, 0.25) is 5.91 Å². The Labute approximate surface area is 220 Å². The van der Waals surface area contributed by atoms with Gasteiger partial charge in [0, 0.05) is 52.4 Å². The number of nitro benzene ring substituents is 2. The highest BCUT2D eigenvalue weighted by Gasteiger charge is 2.24. The van der Waals surface area contributed by atoms with E-state index in [1.54, 1.807) is 42.9 Å². The maximum atomic E-state index is 12.1. The van der Waals surface area contributed by atoms with Crippen molar-refractivity contribution < 1.29 is 28.9 Å². The number of azo groups is 1. The van der Waals surface area contributed by atoms with Crippen LogP contribution in [0.25, 0.3) is 0 Å². The first-order valence-corrected chi connectivity index (χ1v) is 11.5. The number of anilines is 2. The van der Waals surface area contributed by atoms with Gasteiger partial charge in [-0.05, 0) is 22.6 Å². The van der Waals surface area contributed by atoms with Gasteiger partial charge in [-0.15, -0.1) is 10.2 Å². The number of nitrogens with one attached hydrogen (secondary N) is 1. The van der Waals surface area contributed by atoms with E-state index in [4.69, 9.17) is 14.2 Å². The molecule has 2 aromatic rings. The molecule has 36 heavy (non-hydrogen) atoms. The SMILES string of the molecule is COCCN(CCOC)c1cc(OC)cc(N=Nc2c(I)cc([N+](=O)[O-])cc2[N+](=O)[O-])c1NC(C)=O. The lowest BCUT2D eigenvalue weighted by Crippen LogP contribution is -2.31. The first-order chi connectivity index (χ1) is 17.1. The van der Waals surface area contributed by atoms with E-state index in [0.29, 0.717) is 43.4 Å². The van der Waals surface area contributed by atoms with E-state index in [0.717, 1.165) is 12.1 Å². The third-order valence-corrected chi connectivity index (χ3v) is 5.59. The van der Waals surface area contributed by atoms with E-state index in [-0.39, 0.29) is 20.9 Å². The Hall–Kier alpha value is -3.44. The van der Waals surface area contributed by atoms with Crippen LogP contribution in [-0.4, -0.2) is 63.4 Å². The first kappa shape index (κ1) is 28.8. The maximum Gasteiger partial charge on any atom is 0.304 e. The number of benzene rings is 2. The quantitative estimate of drug-likeness (QED) is 0.146. The summed E-state index contributed by atoms with van der Waals surface area (Å²) in [4.78, 5) is 35.2. The van der Waals surface area contributed by atoms with E-state index >= 15 is 0 Å². The van der Waals surface area contributed by atoms with Crippen molar-refractivity contribution in [1.29, 1.82) is 0 Å². The molecule has 0 fully saturated rings. The molecule has 0 aliphatic carbocycles. The lowest BCUT2D eigenvalue weighted by Gasteiger charge is -2.27. The minimum atomic E-state index is -0.771. The summed E-state index contributed by atoms with van der Waals surface area (Å²) in [6, 6.07) is 5.19. The van der Waals surface area contributed by atoms with Crippen LogP contribution < -0.4 is 15.0 Å². The van der Waals surface area contributed by atoms with Crippen molar-refractivity contribution in [1.82, 2.24) is 0 Å².